The van der Waals surface area contributed by atoms with Crippen LogP contribution in [0.3, 0.4) is 0 Å². The fourth-order valence-electron chi connectivity index (χ4n) is 8.28. The lowest BCUT2D eigenvalue weighted by molar-refractivity contribution is -0.181. The number of piperidine rings is 1. The molecule has 5 fully saturated rings. The number of carbonyl (C=O) groups excluding carboxylic acids is 2. The molecule has 5 aliphatic rings. The molecule has 5 atom stereocenters. The number of carbonyl (C=O) groups is 2. The molecule has 1 saturated heterocycles. The molecule has 1 aromatic carbocycles. The third-order valence-electron chi connectivity index (χ3n) is 9.32. The van der Waals surface area contributed by atoms with Crippen LogP contribution in [0, 0.1) is 40.4 Å². The smallest absolute Gasteiger partial charge is 0.224 e. The van der Waals surface area contributed by atoms with Crippen molar-refractivity contribution in [3.05, 3.63) is 34.9 Å². The highest BCUT2D eigenvalue weighted by molar-refractivity contribution is 6.30. The molecule has 4 bridgehead atoms. The van der Waals surface area contributed by atoms with Crippen LogP contribution in [0.1, 0.15) is 51.0 Å². The second-order valence-corrected chi connectivity index (χ2v) is 11.6. The topological polar surface area (TPSA) is 89.4 Å². The largest absolute Gasteiger partial charge is 0.369 e. The summed E-state index contributed by atoms with van der Waals surface area (Å²) in [5.74, 6) is 1.69. The van der Waals surface area contributed by atoms with Crippen LogP contribution in [0.25, 0.3) is 0 Å². The van der Waals surface area contributed by atoms with Crippen molar-refractivity contribution in [2.45, 2.75) is 52.0 Å². The zero-order valence-corrected chi connectivity index (χ0v) is 19.1. The van der Waals surface area contributed by atoms with Gasteiger partial charge in [0.25, 0.3) is 0 Å². The molecule has 1 aromatic rings. The molecule has 4 N–H and O–H groups in total. The Balaban J connectivity index is 1.43. The maximum atomic E-state index is 12.9. The molecule has 0 radical (unpaired) electrons. The number of likely N-dealkylation sites (tertiary alicyclic amines) is 1. The van der Waals surface area contributed by atoms with Crippen molar-refractivity contribution in [3.8, 4) is 0 Å². The van der Waals surface area contributed by atoms with E-state index in [9.17, 15) is 9.59 Å². The monoisotopic (exact) mass is 443 g/mol. The van der Waals surface area contributed by atoms with E-state index in [-0.39, 0.29) is 23.7 Å². The first kappa shape index (κ1) is 21.3. The van der Waals surface area contributed by atoms with Crippen LogP contribution in [-0.4, -0.2) is 29.8 Å². The quantitative estimate of drug-likeness (QED) is 0.728. The average molecular weight is 444 g/mol. The normalized spacial score (nSPS) is 41.9. The van der Waals surface area contributed by atoms with E-state index in [1.54, 1.807) is 0 Å². The number of hydrogen-bond acceptors (Lipinski definition) is 3. The lowest BCUT2D eigenvalue weighted by atomic mass is 9.40. The molecular weight excluding hydrogens is 410 g/mol. The van der Waals surface area contributed by atoms with Crippen molar-refractivity contribution in [2.24, 2.45) is 51.9 Å². The van der Waals surface area contributed by atoms with Gasteiger partial charge in [-0.2, -0.15) is 0 Å². The Morgan fingerprint density at radius 2 is 1.71 bits per heavy atom. The standard InChI is InChI=1S/C25H34ClN3O2/c1-24(22(27)30)14-29(13-15-2-4-19(26)5-3-15)7-6-20(24)21-18-9-16-8-17(10-18)12-25(21,11-16)23(28)31/h2-5,16-18,20-21H,6-14H2,1H3,(H2,27,30)(H2,28,31). The summed E-state index contributed by atoms with van der Waals surface area (Å²) in [6.07, 6.45) is 6.36. The first-order valence-corrected chi connectivity index (χ1v) is 12.2. The first-order valence-electron chi connectivity index (χ1n) is 11.8. The zero-order chi connectivity index (χ0) is 22.0. The van der Waals surface area contributed by atoms with Crippen molar-refractivity contribution in [3.63, 3.8) is 0 Å². The molecule has 0 aromatic heterocycles. The molecule has 4 saturated carbocycles. The number of rotatable bonds is 5. The number of benzene rings is 1. The van der Waals surface area contributed by atoms with Crippen LogP contribution in [0.4, 0.5) is 0 Å². The van der Waals surface area contributed by atoms with Gasteiger partial charge in [-0.25, -0.2) is 0 Å². The van der Waals surface area contributed by atoms with Crippen molar-refractivity contribution in [1.82, 2.24) is 4.90 Å². The van der Waals surface area contributed by atoms with Crippen LogP contribution in [0.5, 0.6) is 0 Å². The highest BCUT2D eigenvalue weighted by Crippen LogP contribution is 2.67. The van der Waals surface area contributed by atoms with E-state index >= 15 is 0 Å². The number of hydrogen-bond donors (Lipinski definition) is 2. The van der Waals surface area contributed by atoms with E-state index in [1.807, 2.05) is 31.2 Å². The van der Waals surface area contributed by atoms with Crippen molar-refractivity contribution in [1.29, 1.82) is 0 Å². The first-order chi connectivity index (χ1) is 14.7. The molecule has 4 aliphatic carbocycles. The molecule has 2 amide bonds. The fraction of sp³-hybridized carbons (Fsp3) is 0.680. The Kier molecular flexibility index (Phi) is 5.13. The van der Waals surface area contributed by atoms with E-state index in [4.69, 9.17) is 23.1 Å². The van der Waals surface area contributed by atoms with Crippen LogP contribution >= 0.6 is 11.6 Å². The van der Waals surface area contributed by atoms with Crippen LogP contribution in [-0.2, 0) is 16.1 Å². The van der Waals surface area contributed by atoms with Gasteiger partial charge in [0.05, 0.1) is 10.8 Å². The second-order valence-electron chi connectivity index (χ2n) is 11.2. The maximum absolute atomic E-state index is 12.9. The lowest BCUT2D eigenvalue weighted by Crippen LogP contribution is -2.65. The molecule has 5 nitrogen and oxygen atoms in total. The van der Waals surface area contributed by atoms with Gasteiger partial charge in [0, 0.05) is 18.1 Å². The van der Waals surface area contributed by atoms with E-state index < -0.39 is 10.8 Å². The average Bonchev–Trinajstić information content (AvgIpc) is 2.70. The maximum Gasteiger partial charge on any atom is 0.224 e. The minimum Gasteiger partial charge on any atom is -0.369 e. The molecule has 6 heteroatoms. The van der Waals surface area contributed by atoms with Crippen LogP contribution < -0.4 is 11.5 Å². The van der Waals surface area contributed by atoms with Crippen LogP contribution in [0.15, 0.2) is 24.3 Å². The number of amides is 2. The Bertz CT molecular complexity index is 873. The highest BCUT2D eigenvalue weighted by Gasteiger charge is 2.64. The van der Waals surface area contributed by atoms with E-state index in [1.165, 1.54) is 24.8 Å². The van der Waals surface area contributed by atoms with Gasteiger partial charge in [-0.15, -0.1) is 0 Å². The van der Waals surface area contributed by atoms with E-state index in [0.717, 1.165) is 37.4 Å². The predicted octanol–water partition coefficient (Wildman–Crippen LogP) is 3.58. The van der Waals surface area contributed by atoms with E-state index in [0.29, 0.717) is 24.3 Å². The van der Waals surface area contributed by atoms with Gasteiger partial charge < -0.3 is 11.5 Å². The molecule has 0 spiro atoms. The zero-order valence-electron chi connectivity index (χ0n) is 18.4. The summed E-state index contributed by atoms with van der Waals surface area (Å²) in [7, 11) is 0. The predicted molar refractivity (Wildman–Crippen MR) is 121 cm³/mol. The van der Waals surface area contributed by atoms with Crippen molar-refractivity contribution >= 4 is 23.4 Å². The molecular formula is C25H34ClN3O2. The molecule has 168 valence electrons. The number of halogens is 1. The van der Waals surface area contributed by atoms with Crippen molar-refractivity contribution in [2.75, 3.05) is 13.1 Å². The third kappa shape index (κ3) is 3.39. The highest BCUT2D eigenvalue weighted by atomic mass is 35.5. The Morgan fingerprint density at radius 1 is 1.06 bits per heavy atom. The SMILES string of the molecule is CC1(C(N)=O)CN(Cc2ccc(Cl)cc2)CCC1C1C2CC3CC(C2)CC1(C(N)=O)C3. The summed E-state index contributed by atoms with van der Waals surface area (Å²) in [4.78, 5) is 28.1. The lowest BCUT2D eigenvalue weighted by Gasteiger charge is -2.64. The summed E-state index contributed by atoms with van der Waals surface area (Å²) >= 11 is 6.03. The summed E-state index contributed by atoms with van der Waals surface area (Å²) in [5, 5.41) is 0.725. The molecule has 1 aliphatic heterocycles. The minimum atomic E-state index is -0.660. The van der Waals surface area contributed by atoms with Gasteiger partial charge in [-0.05, 0) is 99.3 Å². The van der Waals surface area contributed by atoms with Gasteiger partial charge in [-0.1, -0.05) is 23.7 Å². The number of nitrogens with zero attached hydrogens (tertiary/aromatic N) is 1. The summed E-state index contributed by atoms with van der Waals surface area (Å²) < 4.78 is 0. The van der Waals surface area contributed by atoms with Gasteiger partial charge in [0.2, 0.25) is 11.8 Å². The Morgan fingerprint density at radius 3 is 2.29 bits per heavy atom. The molecule has 5 unspecified atom stereocenters. The van der Waals surface area contributed by atoms with Gasteiger partial charge in [0.15, 0.2) is 0 Å². The third-order valence-corrected chi connectivity index (χ3v) is 9.58. The van der Waals surface area contributed by atoms with Gasteiger partial charge >= 0.3 is 0 Å². The van der Waals surface area contributed by atoms with Gasteiger partial charge in [-0.3, -0.25) is 14.5 Å². The summed E-state index contributed by atoms with van der Waals surface area (Å²) in [6, 6.07) is 7.88. The van der Waals surface area contributed by atoms with Crippen LogP contribution in [0.2, 0.25) is 5.02 Å². The molecule has 31 heavy (non-hydrogen) atoms. The molecule has 6 rings (SSSR count). The molecule has 1 heterocycles. The Labute approximate surface area is 189 Å². The fourth-order valence-corrected chi connectivity index (χ4v) is 8.41. The van der Waals surface area contributed by atoms with Gasteiger partial charge in [0.1, 0.15) is 0 Å². The number of nitrogens with two attached hydrogens (primary N) is 2. The Hall–Kier alpha value is -1.59. The number of primary amides is 2. The second kappa shape index (κ2) is 7.48. The summed E-state index contributed by atoms with van der Waals surface area (Å²) in [6.45, 7) is 4.33. The van der Waals surface area contributed by atoms with Crippen molar-refractivity contribution < 1.29 is 9.59 Å². The van der Waals surface area contributed by atoms with E-state index in [2.05, 4.69) is 4.90 Å². The summed E-state index contributed by atoms with van der Waals surface area (Å²) in [5.41, 5.74) is 12.3. The minimum absolute atomic E-state index is 0.115.